The number of benzene rings is 2. The van der Waals surface area contributed by atoms with Crippen molar-refractivity contribution < 1.29 is 19.1 Å². The van der Waals surface area contributed by atoms with Gasteiger partial charge in [-0.1, -0.05) is 54.1 Å². The van der Waals surface area contributed by atoms with Crippen LogP contribution in [0.15, 0.2) is 59.5 Å². The van der Waals surface area contributed by atoms with Gasteiger partial charge in [0, 0.05) is 11.4 Å². The number of amides is 3. The van der Waals surface area contributed by atoms with Gasteiger partial charge in [0.25, 0.3) is 5.91 Å². The smallest absolute Gasteiger partial charge is 0.321 e. The van der Waals surface area contributed by atoms with Gasteiger partial charge < -0.3 is 10.1 Å². The maximum absolute atomic E-state index is 11.7. The fourth-order valence-electron chi connectivity index (χ4n) is 1.87. The molecule has 0 unspecified atom stereocenters. The van der Waals surface area contributed by atoms with E-state index in [1.807, 2.05) is 30.3 Å². The lowest BCUT2D eigenvalue weighted by Gasteiger charge is -2.08. The third-order valence-electron chi connectivity index (χ3n) is 3.10. The lowest BCUT2D eigenvalue weighted by atomic mass is 10.2. The van der Waals surface area contributed by atoms with E-state index < -0.39 is 24.5 Å². The van der Waals surface area contributed by atoms with E-state index in [1.165, 1.54) is 11.8 Å². The number of thioether (sulfide) groups is 1. The van der Waals surface area contributed by atoms with Gasteiger partial charge in [-0.3, -0.25) is 14.9 Å². The van der Waals surface area contributed by atoms with Crippen molar-refractivity contribution in [1.29, 1.82) is 0 Å². The van der Waals surface area contributed by atoms with Crippen LogP contribution in [0.25, 0.3) is 0 Å². The Morgan fingerprint density at radius 3 is 2.42 bits per heavy atom. The van der Waals surface area contributed by atoms with Crippen molar-refractivity contribution in [3.05, 3.63) is 65.2 Å². The van der Waals surface area contributed by atoms with Crippen molar-refractivity contribution in [3.8, 4) is 0 Å². The van der Waals surface area contributed by atoms with Crippen molar-refractivity contribution in [2.45, 2.75) is 11.4 Å². The van der Waals surface area contributed by atoms with Crippen molar-refractivity contribution in [2.75, 3.05) is 12.4 Å². The molecular weight excluding hydrogens is 376 g/mol. The molecule has 0 aliphatic carbocycles. The zero-order valence-corrected chi connectivity index (χ0v) is 15.3. The number of rotatable bonds is 7. The first-order valence-corrected chi connectivity index (χ1v) is 9.05. The summed E-state index contributed by atoms with van der Waals surface area (Å²) in [4.78, 5) is 35.6. The Hall–Kier alpha value is -2.51. The lowest BCUT2D eigenvalue weighted by Crippen LogP contribution is -2.41. The largest absolute Gasteiger partial charge is 0.455 e. The van der Waals surface area contributed by atoms with Crippen LogP contribution >= 0.6 is 23.4 Å². The van der Waals surface area contributed by atoms with E-state index in [2.05, 4.69) is 10.6 Å². The van der Waals surface area contributed by atoms with Gasteiger partial charge in [-0.25, -0.2) is 4.79 Å². The second-order valence-corrected chi connectivity index (χ2v) is 6.52. The summed E-state index contributed by atoms with van der Waals surface area (Å²) in [5.74, 6) is -1.27. The van der Waals surface area contributed by atoms with Crippen LogP contribution in [-0.4, -0.2) is 30.3 Å². The highest BCUT2D eigenvalue weighted by Gasteiger charge is 2.12. The Morgan fingerprint density at radius 1 is 1.00 bits per heavy atom. The number of esters is 1. The molecular formula is C18H17ClN2O4S. The summed E-state index contributed by atoms with van der Waals surface area (Å²) >= 11 is 7.19. The van der Waals surface area contributed by atoms with Crippen LogP contribution in [0.2, 0.25) is 5.02 Å². The summed E-state index contributed by atoms with van der Waals surface area (Å²) in [5.41, 5.74) is 0.901. The Balaban J connectivity index is 1.63. The van der Waals surface area contributed by atoms with Gasteiger partial charge in [-0.05, 0) is 17.7 Å². The first kappa shape index (κ1) is 19.8. The van der Waals surface area contributed by atoms with Crippen LogP contribution in [0, 0.1) is 0 Å². The quantitative estimate of drug-likeness (QED) is 0.559. The fraction of sp³-hybridized carbons (Fsp3) is 0.167. The number of halogens is 1. The molecule has 2 aromatic rings. The van der Waals surface area contributed by atoms with Gasteiger partial charge >= 0.3 is 12.0 Å². The summed E-state index contributed by atoms with van der Waals surface area (Å²) in [6, 6.07) is 15.7. The third-order valence-corrected chi connectivity index (χ3v) is 4.58. The number of hydrogen-bond acceptors (Lipinski definition) is 5. The average molecular weight is 393 g/mol. The number of hydrogen-bond donors (Lipinski definition) is 2. The zero-order chi connectivity index (χ0) is 18.8. The zero-order valence-electron chi connectivity index (χ0n) is 13.7. The summed E-state index contributed by atoms with van der Waals surface area (Å²) in [6.45, 7) is -0.241. The van der Waals surface area contributed by atoms with E-state index in [0.717, 1.165) is 10.5 Å². The maximum atomic E-state index is 11.7. The SMILES string of the molecule is O=C(COC(=O)CSc1ccccc1Cl)NC(=O)NCc1ccccc1. The van der Waals surface area contributed by atoms with E-state index in [-0.39, 0.29) is 12.3 Å². The van der Waals surface area contributed by atoms with E-state index in [0.29, 0.717) is 5.02 Å². The van der Waals surface area contributed by atoms with Gasteiger partial charge in [-0.2, -0.15) is 0 Å². The molecule has 2 rings (SSSR count). The number of ether oxygens (including phenoxy) is 1. The molecule has 0 bridgehead atoms. The number of nitrogens with one attached hydrogen (secondary N) is 2. The second kappa shape index (κ2) is 10.5. The molecule has 8 heteroatoms. The van der Waals surface area contributed by atoms with Crippen LogP contribution in [0.3, 0.4) is 0 Å². The molecule has 0 saturated heterocycles. The minimum atomic E-state index is -0.702. The lowest BCUT2D eigenvalue weighted by molar-refractivity contribution is -0.145. The molecule has 26 heavy (non-hydrogen) atoms. The van der Waals surface area contributed by atoms with Crippen molar-refractivity contribution in [3.63, 3.8) is 0 Å². The normalized spacial score (nSPS) is 10.0. The van der Waals surface area contributed by atoms with E-state index >= 15 is 0 Å². The predicted molar refractivity (Wildman–Crippen MR) is 100.0 cm³/mol. The molecule has 0 aliphatic heterocycles. The number of carbonyl (C=O) groups excluding carboxylic acids is 3. The molecule has 2 N–H and O–H groups in total. The third kappa shape index (κ3) is 7.16. The molecule has 0 radical (unpaired) electrons. The highest BCUT2D eigenvalue weighted by atomic mass is 35.5. The van der Waals surface area contributed by atoms with Crippen LogP contribution in [-0.2, 0) is 20.9 Å². The van der Waals surface area contributed by atoms with Crippen LogP contribution in [0.5, 0.6) is 0 Å². The fourth-order valence-corrected chi connectivity index (χ4v) is 2.91. The highest BCUT2D eigenvalue weighted by molar-refractivity contribution is 8.00. The van der Waals surface area contributed by atoms with Gasteiger partial charge in [0.1, 0.15) is 0 Å². The second-order valence-electron chi connectivity index (χ2n) is 5.10. The van der Waals surface area contributed by atoms with Gasteiger partial charge in [0.15, 0.2) is 6.61 Å². The summed E-state index contributed by atoms with van der Waals surface area (Å²) in [6.07, 6.45) is 0. The Kier molecular flexibility index (Phi) is 7.98. The first-order valence-electron chi connectivity index (χ1n) is 7.69. The minimum absolute atomic E-state index is 0.0111. The summed E-state index contributed by atoms with van der Waals surface area (Å²) in [5, 5.41) is 5.17. The molecule has 0 spiro atoms. The van der Waals surface area contributed by atoms with Gasteiger partial charge in [0.05, 0.1) is 10.8 Å². The van der Waals surface area contributed by atoms with Crippen molar-refractivity contribution in [1.82, 2.24) is 10.6 Å². The molecule has 2 aromatic carbocycles. The molecule has 6 nitrogen and oxygen atoms in total. The topological polar surface area (TPSA) is 84.5 Å². The molecule has 0 fully saturated rings. The van der Waals surface area contributed by atoms with Gasteiger partial charge in [-0.15, -0.1) is 11.8 Å². The average Bonchev–Trinajstić information content (AvgIpc) is 2.65. The van der Waals surface area contributed by atoms with Crippen LogP contribution < -0.4 is 10.6 Å². The number of imide groups is 1. The molecule has 0 saturated carbocycles. The van der Waals surface area contributed by atoms with Crippen LogP contribution in [0.4, 0.5) is 4.79 Å². The maximum Gasteiger partial charge on any atom is 0.321 e. The molecule has 0 aliphatic rings. The molecule has 0 heterocycles. The van der Waals surface area contributed by atoms with Gasteiger partial charge in [0.2, 0.25) is 0 Å². The Bertz CT molecular complexity index is 771. The molecule has 3 amide bonds. The van der Waals surface area contributed by atoms with Crippen LogP contribution in [0.1, 0.15) is 5.56 Å². The summed E-state index contributed by atoms with van der Waals surface area (Å²) < 4.78 is 4.83. The van der Waals surface area contributed by atoms with E-state index in [1.54, 1.807) is 24.3 Å². The number of urea groups is 1. The highest BCUT2D eigenvalue weighted by Crippen LogP contribution is 2.26. The Labute approximate surface area is 160 Å². The minimum Gasteiger partial charge on any atom is -0.455 e. The first-order chi connectivity index (χ1) is 12.5. The van der Waals surface area contributed by atoms with E-state index in [9.17, 15) is 14.4 Å². The van der Waals surface area contributed by atoms with E-state index in [4.69, 9.17) is 16.3 Å². The van der Waals surface area contributed by atoms with Crippen molar-refractivity contribution >= 4 is 41.3 Å². The molecule has 0 aromatic heterocycles. The molecule has 0 atom stereocenters. The Morgan fingerprint density at radius 2 is 1.69 bits per heavy atom. The monoisotopic (exact) mass is 392 g/mol. The number of carbonyl (C=O) groups is 3. The molecule has 136 valence electrons. The predicted octanol–water partition coefficient (Wildman–Crippen LogP) is 3.00. The summed E-state index contributed by atoms with van der Waals surface area (Å²) in [7, 11) is 0. The van der Waals surface area contributed by atoms with Crippen molar-refractivity contribution in [2.24, 2.45) is 0 Å². The standard InChI is InChI=1S/C18H17ClN2O4S/c19-14-8-4-5-9-15(14)26-12-17(23)25-11-16(22)21-18(24)20-10-13-6-2-1-3-7-13/h1-9H,10-12H2,(H2,20,21,22,24).